The van der Waals surface area contributed by atoms with Crippen LogP contribution < -0.4 is 15.4 Å². The third-order valence-corrected chi connectivity index (χ3v) is 6.35. The van der Waals surface area contributed by atoms with Gasteiger partial charge in [0.1, 0.15) is 5.75 Å². The molecule has 0 radical (unpaired) electrons. The van der Waals surface area contributed by atoms with Crippen molar-refractivity contribution in [2.45, 2.75) is 50.4 Å². The predicted octanol–water partition coefficient (Wildman–Crippen LogP) is 4.39. The summed E-state index contributed by atoms with van der Waals surface area (Å²) < 4.78 is 34.7. The Hall–Kier alpha value is -3.25. The van der Waals surface area contributed by atoms with Gasteiger partial charge in [0.05, 0.1) is 5.69 Å². The number of hydrogen-bond acceptors (Lipinski definition) is 9. The molecule has 1 aliphatic rings. The summed E-state index contributed by atoms with van der Waals surface area (Å²) in [4.78, 5) is 12.7. The van der Waals surface area contributed by atoms with Gasteiger partial charge in [-0.2, -0.15) is 19.0 Å². The topological polar surface area (TPSA) is 111 Å². The standard InChI is InChI=1S/C22H24F2N6O3S/c1-32-18(14-4-2-5-16(12-14)33-20(23)24)19(31)27-22-30-29-21(34-22)26-15-9-7-13(8-10-15)17-6-3-11-25-28-17/h2-6,11-13,15,18,20H,7-10H2,1H3,(H,26,29)(H,27,30,31)/t13-,15+,18-/m0/s1. The molecular weight excluding hydrogens is 466 g/mol. The highest BCUT2D eigenvalue weighted by atomic mass is 32.1. The number of ether oxygens (including phenoxy) is 2. The number of halogens is 2. The van der Waals surface area contributed by atoms with Crippen molar-refractivity contribution in [3.63, 3.8) is 0 Å². The first-order valence-corrected chi connectivity index (χ1v) is 11.6. The molecule has 2 heterocycles. The molecular formula is C22H24F2N6O3S. The average Bonchev–Trinajstić information content (AvgIpc) is 3.27. The number of methoxy groups -OCH3 is 1. The van der Waals surface area contributed by atoms with E-state index in [-0.39, 0.29) is 11.8 Å². The summed E-state index contributed by atoms with van der Waals surface area (Å²) in [7, 11) is 1.36. The smallest absolute Gasteiger partial charge is 0.387 e. The molecule has 2 N–H and O–H groups in total. The molecule has 34 heavy (non-hydrogen) atoms. The first-order chi connectivity index (χ1) is 16.5. The first kappa shape index (κ1) is 23.9. The van der Waals surface area contributed by atoms with Crippen LogP contribution in [0.1, 0.15) is 49.0 Å². The van der Waals surface area contributed by atoms with Gasteiger partial charge >= 0.3 is 6.61 Å². The molecule has 0 saturated heterocycles. The minimum atomic E-state index is -2.96. The zero-order chi connectivity index (χ0) is 23.9. The van der Waals surface area contributed by atoms with Crippen LogP contribution in [0.15, 0.2) is 42.6 Å². The minimum Gasteiger partial charge on any atom is -0.435 e. The van der Waals surface area contributed by atoms with Crippen LogP contribution in [0.3, 0.4) is 0 Å². The SMILES string of the molecule is CO[C@H](C(=O)Nc1nnc(N[C@H]2CC[C@@H](c3cccnn3)CC2)s1)c1cccc(OC(F)F)c1. The molecule has 1 saturated carbocycles. The number of rotatable bonds is 9. The number of carbonyl (C=O) groups excluding carboxylic acids is 1. The summed E-state index contributed by atoms with van der Waals surface area (Å²) in [5.41, 5.74) is 1.40. The number of anilines is 2. The highest BCUT2D eigenvalue weighted by Crippen LogP contribution is 2.34. The summed E-state index contributed by atoms with van der Waals surface area (Å²) in [5.74, 6) is -0.144. The summed E-state index contributed by atoms with van der Waals surface area (Å²) in [6, 6.07) is 10.0. The average molecular weight is 491 g/mol. The molecule has 0 bridgehead atoms. The molecule has 0 aliphatic heterocycles. The van der Waals surface area contributed by atoms with Crippen LogP contribution in [-0.2, 0) is 9.53 Å². The third kappa shape index (κ3) is 6.20. The van der Waals surface area contributed by atoms with Crippen molar-refractivity contribution in [3.8, 4) is 5.75 Å². The Morgan fingerprint density at radius 1 is 1.09 bits per heavy atom. The highest BCUT2D eigenvalue weighted by molar-refractivity contribution is 7.19. The van der Waals surface area contributed by atoms with E-state index in [1.54, 1.807) is 12.3 Å². The van der Waals surface area contributed by atoms with E-state index in [1.807, 2.05) is 12.1 Å². The molecule has 1 atom stereocenters. The van der Waals surface area contributed by atoms with Gasteiger partial charge in [-0.3, -0.25) is 10.1 Å². The van der Waals surface area contributed by atoms with E-state index in [1.165, 1.54) is 36.6 Å². The second kappa shape index (κ2) is 11.3. The molecule has 2 aromatic heterocycles. The van der Waals surface area contributed by atoms with E-state index >= 15 is 0 Å². The lowest BCUT2D eigenvalue weighted by molar-refractivity contribution is -0.126. The first-order valence-electron chi connectivity index (χ1n) is 10.8. The van der Waals surface area contributed by atoms with Crippen LogP contribution >= 0.6 is 11.3 Å². The Labute approximate surface area is 198 Å². The molecule has 0 spiro atoms. The Balaban J connectivity index is 1.31. The fourth-order valence-electron chi connectivity index (χ4n) is 3.99. The predicted molar refractivity (Wildman–Crippen MR) is 122 cm³/mol. The Morgan fingerprint density at radius 2 is 1.88 bits per heavy atom. The van der Waals surface area contributed by atoms with Gasteiger partial charge in [-0.15, -0.1) is 10.2 Å². The van der Waals surface area contributed by atoms with E-state index in [0.717, 1.165) is 31.4 Å². The van der Waals surface area contributed by atoms with Gasteiger partial charge in [0.25, 0.3) is 5.91 Å². The maximum atomic E-state index is 12.7. The Bertz CT molecular complexity index is 1080. The Kier molecular flexibility index (Phi) is 7.91. The fourth-order valence-corrected chi connectivity index (χ4v) is 4.71. The maximum absolute atomic E-state index is 12.7. The molecule has 4 rings (SSSR count). The van der Waals surface area contributed by atoms with E-state index < -0.39 is 18.6 Å². The summed E-state index contributed by atoms with van der Waals surface area (Å²) in [5, 5.41) is 23.3. The van der Waals surface area contributed by atoms with Gasteiger partial charge in [-0.05, 0) is 55.5 Å². The molecule has 1 aromatic carbocycles. The summed E-state index contributed by atoms with van der Waals surface area (Å²) in [6.07, 6.45) is 4.58. The van der Waals surface area contributed by atoms with E-state index in [4.69, 9.17) is 4.74 Å². The third-order valence-electron chi connectivity index (χ3n) is 5.58. The largest absolute Gasteiger partial charge is 0.435 e. The second-order valence-electron chi connectivity index (χ2n) is 7.81. The number of aromatic nitrogens is 4. The van der Waals surface area contributed by atoms with Crippen molar-refractivity contribution in [3.05, 3.63) is 53.9 Å². The Morgan fingerprint density at radius 3 is 2.59 bits per heavy atom. The van der Waals surface area contributed by atoms with Gasteiger partial charge in [0.2, 0.25) is 10.3 Å². The quantitative estimate of drug-likeness (QED) is 0.454. The zero-order valence-electron chi connectivity index (χ0n) is 18.4. The number of nitrogens with one attached hydrogen (secondary N) is 2. The maximum Gasteiger partial charge on any atom is 0.387 e. The van der Waals surface area contributed by atoms with Gasteiger partial charge in [0.15, 0.2) is 6.10 Å². The van der Waals surface area contributed by atoms with Crippen molar-refractivity contribution in [2.75, 3.05) is 17.7 Å². The van der Waals surface area contributed by atoms with Crippen molar-refractivity contribution in [1.29, 1.82) is 0 Å². The van der Waals surface area contributed by atoms with Crippen LogP contribution in [0.2, 0.25) is 0 Å². The minimum absolute atomic E-state index is 0.0567. The monoisotopic (exact) mass is 490 g/mol. The summed E-state index contributed by atoms with van der Waals surface area (Å²) in [6.45, 7) is -2.96. The normalized spacial score (nSPS) is 18.9. The number of nitrogens with zero attached hydrogens (tertiary/aromatic N) is 4. The van der Waals surface area contributed by atoms with Crippen LogP contribution in [0.25, 0.3) is 0 Å². The number of benzene rings is 1. The molecule has 12 heteroatoms. The second-order valence-corrected chi connectivity index (χ2v) is 8.79. The lowest BCUT2D eigenvalue weighted by Crippen LogP contribution is -2.25. The number of carbonyl (C=O) groups is 1. The molecule has 0 unspecified atom stereocenters. The van der Waals surface area contributed by atoms with Crippen molar-refractivity contribution < 1.29 is 23.0 Å². The lowest BCUT2D eigenvalue weighted by Gasteiger charge is -2.28. The van der Waals surface area contributed by atoms with Crippen molar-refractivity contribution in [1.82, 2.24) is 20.4 Å². The van der Waals surface area contributed by atoms with Crippen LogP contribution in [0, 0.1) is 0 Å². The van der Waals surface area contributed by atoms with E-state index in [0.29, 0.717) is 21.7 Å². The van der Waals surface area contributed by atoms with E-state index in [2.05, 4.69) is 35.8 Å². The molecule has 9 nitrogen and oxygen atoms in total. The van der Waals surface area contributed by atoms with Gasteiger partial charge in [0, 0.05) is 25.3 Å². The molecule has 3 aromatic rings. The van der Waals surface area contributed by atoms with Crippen molar-refractivity contribution in [2.24, 2.45) is 0 Å². The van der Waals surface area contributed by atoms with Gasteiger partial charge in [-0.1, -0.05) is 23.5 Å². The fraction of sp³-hybridized carbons (Fsp3) is 0.409. The van der Waals surface area contributed by atoms with Crippen LogP contribution in [0.4, 0.5) is 19.0 Å². The number of alkyl halides is 2. The highest BCUT2D eigenvalue weighted by Gasteiger charge is 2.25. The summed E-state index contributed by atoms with van der Waals surface area (Å²) >= 11 is 1.22. The molecule has 1 amide bonds. The molecule has 180 valence electrons. The number of hydrogen-bond donors (Lipinski definition) is 2. The van der Waals surface area contributed by atoms with Gasteiger partial charge in [-0.25, -0.2) is 0 Å². The van der Waals surface area contributed by atoms with Gasteiger partial charge < -0.3 is 14.8 Å². The number of amides is 1. The van der Waals surface area contributed by atoms with E-state index in [9.17, 15) is 13.6 Å². The molecule has 1 fully saturated rings. The molecule has 1 aliphatic carbocycles. The van der Waals surface area contributed by atoms with Crippen LogP contribution in [0.5, 0.6) is 5.75 Å². The lowest BCUT2D eigenvalue weighted by atomic mass is 9.84. The zero-order valence-corrected chi connectivity index (χ0v) is 19.2. The van der Waals surface area contributed by atoms with Crippen LogP contribution in [-0.4, -0.2) is 46.1 Å². The van der Waals surface area contributed by atoms with Crippen molar-refractivity contribution >= 4 is 27.5 Å².